The van der Waals surface area contributed by atoms with Crippen LogP contribution in [0.3, 0.4) is 0 Å². The van der Waals surface area contributed by atoms with Crippen LogP contribution in [0.2, 0.25) is 0 Å². The summed E-state index contributed by atoms with van der Waals surface area (Å²) in [4.78, 5) is 25.6. The number of rotatable bonds is 3. The third kappa shape index (κ3) is 1.93. The summed E-state index contributed by atoms with van der Waals surface area (Å²) in [5.41, 5.74) is -0.220. The topological polar surface area (TPSA) is 49.4 Å². The Morgan fingerprint density at radius 1 is 1.38 bits per heavy atom. The number of carbonyl (C=O) groups is 2. The molecule has 0 bridgehead atoms. The fourth-order valence-electron chi connectivity index (χ4n) is 2.12. The van der Waals surface area contributed by atoms with Crippen molar-refractivity contribution in [3.8, 4) is 0 Å². The van der Waals surface area contributed by atoms with Crippen molar-refractivity contribution in [2.45, 2.75) is 51.6 Å². The number of hydrogen-bond acceptors (Lipinski definition) is 2. The van der Waals surface area contributed by atoms with E-state index in [1.54, 1.807) is 4.90 Å². The quantitative estimate of drug-likeness (QED) is 0.774. The molecule has 1 heterocycles. The highest BCUT2D eigenvalue weighted by molar-refractivity contribution is 5.95. The Morgan fingerprint density at radius 2 is 2.00 bits per heavy atom. The Labute approximate surface area is 96.4 Å². The molecule has 0 aromatic heterocycles. The van der Waals surface area contributed by atoms with E-state index in [9.17, 15) is 9.59 Å². The predicted molar refractivity (Wildman–Crippen MR) is 60.7 cm³/mol. The first-order chi connectivity index (χ1) is 7.45. The number of nitrogens with one attached hydrogen (secondary N) is 1. The minimum Gasteiger partial charge on any atom is -0.342 e. The van der Waals surface area contributed by atoms with E-state index in [-0.39, 0.29) is 29.9 Å². The maximum Gasteiger partial charge on any atom is 0.246 e. The van der Waals surface area contributed by atoms with Crippen LogP contribution in [0.4, 0.5) is 0 Å². The van der Waals surface area contributed by atoms with E-state index in [0.717, 1.165) is 19.3 Å². The zero-order chi connectivity index (χ0) is 11.9. The highest BCUT2D eigenvalue weighted by atomic mass is 16.2. The van der Waals surface area contributed by atoms with Gasteiger partial charge in [-0.2, -0.15) is 0 Å². The molecule has 1 unspecified atom stereocenters. The molecule has 4 nitrogen and oxygen atoms in total. The summed E-state index contributed by atoms with van der Waals surface area (Å²) in [7, 11) is 0. The average Bonchev–Trinajstić information content (AvgIpc) is 3.04. The Morgan fingerprint density at radius 3 is 2.50 bits per heavy atom. The van der Waals surface area contributed by atoms with Crippen LogP contribution in [0.25, 0.3) is 0 Å². The highest BCUT2D eigenvalue weighted by Gasteiger charge is 2.45. The van der Waals surface area contributed by atoms with E-state index in [1.165, 1.54) is 0 Å². The van der Waals surface area contributed by atoms with Crippen LogP contribution in [-0.4, -0.2) is 34.8 Å². The van der Waals surface area contributed by atoms with Crippen molar-refractivity contribution in [1.82, 2.24) is 10.2 Å². The molecular weight excluding hydrogens is 204 g/mol. The zero-order valence-corrected chi connectivity index (χ0v) is 10.2. The average molecular weight is 224 g/mol. The molecule has 2 fully saturated rings. The molecule has 1 atom stereocenters. The van der Waals surface area contributed by atoms with Gasteiger partial charge in [-0.25, -0.2) is 0 Å². The Bertz CT molecular complexity index is 321. The van der Waals surface area contributed by atoms with Crippen LogP contribution < -0.4 is 5.32 Å². The molecule has 2 rings (SSSR count). The van der Waals surface area contributed by atoms with E-state index < -0.39 is 0 Å². The van der Waals surface area contributed by atoms with Gasteiger partial charge in [0.05, 0.1) is 0 Å². The van der Waals surface area contributed by atoms with E-state index >= 15 is 0 Å². The normalized spacial score (nSPS) is 26.9. The molecule has 1 saturated carbocycles. The second-order valence-corrected chi connectivity index (χ2v) is 5.47. The maximum atomic E-state index is 12.3. The maximum absolute atomic E-state index is 12.3. The molecule has 2 aliphatic rings. The molecule has 0 aromatic carbocycles. The third-order valence-electron chi connectivity index (χ3n) is 3.84. The molecule has 1 aliphatic carbocycles. The van der Waals surface area contributed by atoms with Gasteiger partial charge >= 0.3 is 0 Å². The summed E-state index contributed by atoms with van der Waals surface area (Å²) in [5, 5.41) is 2.82. The number of piperazine rings is 1. The standard InChI is InChI=1S/C12H20N2O2/c1-4-12(2,3)14-7-9(15)13-10(11(14)16)8-5-6-8/h8,10H,4-7H2,1-3H3,(H,13,15). The van der Waals surface area contributed by atoms with Crippen molar-refractivity contribution < 1.29 is 9.59 Å². The SMILES string of the molecule is CCC(C)(C)N1CC(=O)NC(C2CC2)C1=O. The molecule has 0 spiro atoms. The van der Waals surface area contributed by atoms with Gasteiger partial charge in [-0.1, -0.05) is 6.92 Å². The molecule has 0 radical (unpaired) electrons. The fourth-order valence-corrected chi connectivity index (χ4v) is 2.12. The Kier molecular flexibility index (Phi) is 2.68. The molecule has 16 heavy (non-hydrogen) atoms. The highest BCUT2D eigenvalue weighted by Crippen LogP contribution is 2.35. The van der Waals surface area contributed by atoms with Crippen molar-refractivity contribution in [2.75, 3.05) is 6.54 Å². The second-order valence-electron chi connectivity index (χ2n) is 5.47. The number of amides is 2. The van der Waals surface area contributed by atoms with Crippen LogP contribution in [0, 0.1) is 5.92 Å². The van der Waals surface area contributed by atoms with E-state index in [4.69, 9.17) is 0 Å². The number of nitrogens with zero attached hydrogens (tertiary/aromatic N) is 1. The first kappa shape index (κ1) is 11.4. The van der Waals surface area contributed by atoms with Crippen molar-refractivity contribution in [3.05, 3.63) is 0 Å². The Balaban J connectivity index is 2.18. The summed E-state index contributed by atoms with van der Waals surface area (Å²) in [6.07, 6.45) is 3.00. The minimum absolute atomic E-state index is 0.0157. The fraction of sp³-hybridized carbons (Fsp3) is 0.833. The predicted octanol–water partition coefficient (Wildman–Crippen LogP) is 0.912. The van der Waals surface area contributed by atoms with E-state index in [1.807, 2.05) is 20.8 Å². The summed E-state index contributed by atoms with van der Waals surface area (Å²) in [5.74, 6) is 0.471. The molecule has 0 aromatic rings. The molecule has 90 valence electrons. The summed E-state index contributed by atoms with van der Waals surface area (Å²) in [6.45, 7) is 6.30. The first-order valence-electron chi connectivity index (χ1n) is 6.06. The van der Waals surface area contributed by atoms with Gasteiger partial charge in [0.25, 0.3) is 0 Å². The van der Waals surface area contributed by atoms with Crippen LogP contribution in [0.5, 0.6) is 0 Å². The van der Waals surface area contributed by atoms with Crippen molar-refractivity contribution in [1.29, 1.82) is 0 Å². The molecule has 1 aliphatic heterocycles. The van der Waals surface area contributed by atoms with Gasteiger partial charge in [-0.3, -0.25) is 9.59 Å². The molecule has 2 amide bonds. The number of hydrogen-bond donors (Lipinski definition) is 1. The van der Waals surface area contributed by atoms with Gasteiger partial charge in [0, 0.05) is 5.54 Å². The summed E-state index contributed by atoms with van der Waals surface area (Å²) in [6, 6.07) is -0.257. The van der Waals surface area contributed by atoms with Crippen LogP contribution in [-0.2, 0) is 9.59 Å². The van der Waals surface area contributed by atoms with Gasteiger partial charge in [-0.15, -0.1) is 0 Å². The molecular formula is C12H20N2O2. The molecule has 4 heteroatoms. The second kappa shape index (κ2) is 3.75. The van der Waals surface area contributed by atoms with Crippen molar-refractivity contribution in [3.63, 3.8) is 0 Å². The number of carbonyl (C=O) groups excluding carboxylic acids is 2. The summed E-state index contributed by atoms with van der Waals surface area (Å²) < 4.78 is 0. The van der Waals surface area contributed by atoms with E-state index in [0.29, 0.717) is 5.92 Å². The van der Waals surface area contributed by atoms with Crippen LogP contribution in [0.15, 0.2) is 0 Å². The van der Waals surface area contributed by atoms with Gasteiger partial charge in [0.15, 0.2) is 0 Å². The van der Waals surface area contributed by atoms with E-state index in [2.05, 4.69) is 5.32 Å². The summed E-state index contributed by atoms with van der Waals surface area (Å²) >= 11 is 0. The smallest absolute Gasteiger partial charge is 0.246 e. The monoisotopic (exact) mass is 224 g/mol. The third-order valence-corrected chi connectivity index (χ3v) is 3.84. The first-order valence-corrected chi connectivity index (χ1v) is 6.06. The largest absolute Gasteiger partial charge is 0.342 e. The molecule has 1 saturated heterocycles. The lowest BCUT2D eigenvalue weighted by Gasteiger charge is -2.42. The minimum atomic E-state index is -0.257. The lowest BCUT2D eigenvalue weighted by molar-refractivity contribution is -0.150. The van der Waals surface area contributed by atoms with Gasteiger partial charge in [0.2, 0.25) is 11.8 Å². The van der Waals surface area contributed by atoms with Crippen LogP contribution in [0.1, 0.15) is 40.0 Å². The Hall–Kier alpha value is -1.06. The lowest BCUT2D eigenvalue weighted by atomic mass is 9.95. The van der Waals surface area contributed by atoms with Crippen molar-refractivity contribution >= 4 is 11.8 Å². The van der Waals surface area contributed by atoms with Gasteiger partial charge in [-0.05, 0) is 39.0 Å². The van der Waals surface area contributed by atoms with Crippen LogP contribution >= 0.6 is 0 Å². The van der Waals surface area contributed by atoms with Gasteiger partial charge < -0.3 is 10.2 Å². The van der Waals surface area contributed by atoms with Gasteiger partial charge in [0.1, 0.15) is 12.6 Å². The lowest BCUT2D eigenvalue weighted by Crippen LogP contribution is -2.64. The molecule has 1 N–H and O–H groups in total. The van der Waals surface area contributed by atoms with Crippen molar-refractivity contribution in [2.24, 2.45) is 5.92 Å². The zero-order valence-electron chi connectivity index (χ0n) is 10.2.